The Labute approximate surface area is 172 Å². The number of carbonyl (C=O) groups is 2. The maximum absolute atomic E-state index is 13.0. The molecule has 1 N–H and O–H groups in total. The number of fused-ring (bicyclic) bond motifs is 1. The molecule has 0 unspecified atom stereocenters. The van der Waals surface area contributed by atoms with Gasteiger partial charge in [0, 0.05) is 17.9 Å². The van der Waals surface area contributed by atoms with Crippen LogP contribution in [0.25, 0.3) is 22.2 Å². The van der Waals surface area contributed by atoms with Crippen molar-refractivity contribution in [2.24, 2.45) is 0 Å². The lowest BCUT2D eigenvalue weighted by Crippen LogP contribution is -2.27. The molecule has 1 aromatic heterocycles. The molecule has 0 fully saturated rings. The molecule has 0 aliphatic heterocycles. The predicted octanol–water partition coefficient (Wildman–Crippen LogP) is 5.02. The van der Waals surface area contributed by atoms with Crippen molar-refractivity contribution in [3.63, 3.8) is 0 Å². The number of hydrogen-bond acceptors (Lipinski definition) is 5. The van der Waals surface area contributed by atoms with Crippen molar-refractivity contribution in [2.75, 3.05) is 0 Å². The predicted molar refractivity (Wildman–Crippen MR) is 112 cm³/mol. The molecular formula is C22H22N2O6. The van der Waals surface area contributed by atoms with E-state index < -0.39 is 22.6 Å². The van der Waals surface area contributed by atoms with E-state index in [-0.39, 0.29) is 24.0 Å². The van der Waals surface area contributed by atoms with Gasteiger partial charge in [0.2, 0.25) is 0 Å². The van der Waals surface area contributed by atoms with Crippen molar-refractivity contribution >= 4 is 28.7 Å². The fourth-order valence-electron chi connectivity index (χ4n) is 3.24. The van der Waals surface area contributed by atoms with Gasteiger partial charge in [0.05, 0.1) is 10.6 Å². The molecule has 0 aliphatic rings. The minimum Gasteiger partial charge on any atom is -0.481 e. The van der Waals surface area contributed by atoms with Crippen LogP contribution < -0.4 is 0 Å². The molecule has 0 atom stereocenters. The molecular weight excluding hydrogens is 388 g/mol. The zero-order chi connectivity index (χ0) is 22.1. The molecule has 0 saturated carbocycles. The third-order valence-electron chi connectivity index (χ3n) is 4.41. The first kappa shape index (κ1) is 21.0. The highest BCUT2D eigenvalue weighted by atomic mass is 16.6. The van der Waals surface area contributed by atoms with Crippen LogP contribution >= 0.6 is 0 Å². The Kier molecular flexibility index (Phi) is 5.60. The van der Waals surface area contributed by atoms with Crippen molar-refractivity contribution in [2.45, 2.75) is 39.2 Å². The first-order valence-corrected chi connectivity index (χ1v) is 9.40. The van der Waals surface area contributed by atoms with Crippen LogP contribution in [0.3, 0.4) is 0 Å². The number of nitrogens with zero attached hydrogens (tertiary/aromatic N) is 2. The van der Waals surface area contributed by atoms with E-state index in [1.807, 2.05) is 6.07 Å². The van der Waals surface area contributed by atoms with E-state index in [1.165, 1.54) is 10.6 Å². The monoisotopic (exact) mass is 410 g/mol. The number of benzene rings is 2. The average Bonchev–Trinajstić information content (AvgIpc) is 3.04. The molecule has 8 nitrogen and oxygen atoms in total. The van der Waals surface area contributed by atoms with Crippen LogP contribution in [0.2, 0.25) is 0 Å². The number of carboxylic acid groups (broad SMARTS) is 1. The van der Waals surface area contributed by atoms with Crippen molar-refractivity contribution in [3.8, 4) is 11.3 Å². The lowest BCUT2D eigenvalue weighted by atomic mass is 10.1. The van der Waals surface area contributed by atoms with E-state index in [0.29, 0.717) is 22.2 Å². The summed E-state index contributed by atoms with van der Waals surface area (Å²) in [5.41, 5.74) is 0.711. The number of hydrogen-bond donors (Lipinski definition) is 1. The average molecular weight is 410 g/mol. The van der Waals surface area contributed by atoms with Gasteiger partial charge in [-0.2, -0.15) is 0 Å². The number of non-ortho nitro benzene ring substituents is 1. The SMILES string of the molecule is CC(C)(C)OC(=O)n1c(-c2ccccc2)cc2cc(CCC(=O)O)cc([N+](=O)[O-])c21. The fourth-order valence-corrected chi connectivity index (χ4v) is 3.24. The number of rotatable bonds is 5. The van der Waals surface area contributed by atoms with Crippen molar-refractivity contribution in [1.29, 1.82) is 0 Å². The quantitative estimate of drug-likeness (QED) is 0.467. The van der Waals surface area contributed by atoms with Gasteiger partial charge in [0.25, 0.3) is 5.69 Å². The van der Waals surface area contributed by atoms with E-state index in [4.69, 9.17) is 9.84 Å². The van der Waals surface area contributed by atoms with Gasteiger partial charge in [-0.25, -0.2) is 9.36 Å². The van der Waals surface area contributed by atoms with Gasteiger partial charge in [-0.05, 0) is 50.5 Å². The molecule has 0 radical (unpaired) electrons. The molecule has 0 aliphatic carbocycles. The van der Waals surface area contributed by atoms with Crippen LogP contribution in [0.4, 0.5) is 10.5 Å². The van der Waals surface area contributed by atoms with Gasteiger partial charge in [-0.15, -0.1) is 0 Å². The van der Waals surface area contributed by atoms with E-state index >= 15 is 0 Å². The molecule has 0 bridgehead atoms. The minimum absolute atomic E-state index is 0.118. The zero-order valence-corrected chi connectivity index (χ0v) is 16.9. The molecule has 3 rings (SSSR count). The first-order valence-electron chi connectivity index (χ1n) is 9.40. The number of aromatic nitrogens is 1. The van der Waals surface area contributed by atoms with Gasteiger partial charge >= 0.3 is 12.1 Å². The third kappa shape index (κ3) is 4.48. The van der Waals surface area contributed by atoms with Crippen LogP contribution in [-0.2, 0) is 16.0 Å². The zero-order valence-electron chi connectivity index (χ0n) is 16.9. The molecule has 1 heterocycles. The number of nitro groups is 1. The Bertz CT molecular complexity index is 1130. The molecule has 0 spiro atoms. The van der Waals surface area contributed by atoms with E-state index in [2.05, 4.69) is 0 Å². The van der Waals surface area contributed by atoms with Gasteiger partial charge in [-0.1, -0.05) is 30.3 Å². The Morgan fingerprint density at radius 1 is 1.13 bits per heavy atom. The second-order valence-electron chi connectivity index (χ2n) is 7.91. The smallest absolute Gasteiger partial charge is 0.419 e. The van der Waals surface area contributed by atoms with E-state index in [9.17, 15) is 19.7 Å². The summed E-state index contributed by atoms with van der Waals surface area (Å²) in [7, 11) is 0. The number of aryl methyl sites for hydroxylation is 1. The van der Waals surface area contributed by atoms with Crippen molar-refractivity contribution < 1.29 is 24.4 Å². The number of carbonyl (C=O) groups excluding carboxylic acids is 1. The van der Waals surface area contributed by atoms with Gasteiger partial charge in [-0.3, -0.25) is 14.9 Å². The van der Waals surface area contributed by atoms with Gasteiger partial charge in [0.1, 0.15) is 11.1 Å². The van der Waals surface area contributed by atoms with E-state index in [1.54, 1.807) is 57.2 Å². The number of nitro benzene ring substituents is 1. The lowest BCUT2D eigenvalue weighted by Gasteiger charge is -2.21. The summed E-state index contributed by atoms with van der Waals surface area (Å²) in [6.07, 6.45) is -0.733. The molecule has 0 saturated heterocycles. The van der Waals surface area contributed by atoms with Crippen LogP contribution in [0.1, 0.15) is 32.8 Å². The summed E-state index contributed by atoms with van der Waals surface area (Å²) >= 11 is 0. The highest BCUT2D eigenvalue weighted by Gasteiger charge is 2.28. The Morgan fingerprint density at radius 3 is 2.37 bits per heavy atom. The van der Waals surface area contributed by atoms with Gasteiger partial charge in [0.15, 0.2) is 0 Å². The molecule has 2 aromatic carbocycles. The number of ether oxygens (including phenoxy) is 1. The molecule has 30 heavy (non-hydrogen) atoms. The molecule has 3 aromatic rings. The van der Waals surface area contributed by atoms with Crippen LogP contribution in [0.5, 0.6) is 0 Å². The summed E-state index contributed by atoms with van der Waals surface area (Å²) in [5.74, 6) is -0.992. The summed E-state index contributed by atoms with van der Waals surface area (Å²) in [4.78, 5) is 35.2. The maximum Gasteiger partial charge on any atom is 0.419 e. The van der Waals surface area contributed by atoms with Crippen molar-refractivity contribution in [1.82, 2.24) is 4.57 Å². The van der Waals surface area contributed by atoms with Crippen LogP contribution in [-0.4, -0.2) is 32.3 Å². The number of aliphatic carboxylic acids is 1. The largest absolute Gasteiger partial charge is 0.481 e. The van der Waals surface area contributed by atoms with E-state index in [0.717, 1.165) is 0 Å². The second kappa shape index (κ2) is 7.98. The Morgan fingerprint density at radius 2 is 1.80 bits per heavy atom. The lowest BCUT2D eigenvalue weighted by molar-refractivity contribution is -0.383. The summed E-state index contributed by atoms with van der Waals surface area (Å²) in [6.45, 7) is 5.16. The molecule has 8 heteroatoms. The van der Waals surface area contributed by atoms with Crippen LogP contribution in [0.15, 0.2) is 48.5 Å². The third-order valence-corrected chi connectivity index (χ3v) is 4.41. The Balaban J connectivity index is 2.29. The summed E-state index contributed by atoms with van der Waals surface area (Å²) in [6, 6.07) is 13.7. The summed E-state index contributed by atoms with van der Waals surface area (Å²) in [5, 5.41) is 21.2. The fraction of sp³-hybridized carbons (Fsp3) is 0.273. The standard InChI is InChI=1S/C22H22N2O6/c1-22(2,3)30-21(27)23-17(15-7-5-4-6-8-15)13-16-11-14(9-10-19(25)26)12-18(20(16)23)24(28)29/h4-8,11-13H,9-10H2,1-3H3,(H,25,26). The maximum atomic E-state index is 13.0. The van der Waals surface area contributed by atoms with Crippen LogP contribution in [0, 0.1) is 10.1 Å². The molecule has 156 valence electrons. The van der Waals surface area contributed by atoms with Crippen molar-refractivity contribution in [3.05, 3.63) is 64.2 Å². The normalized spacial score (nSPS) is 11.4. The number of carboxylic acids is 1. The van der Waals surface area contributed by atoms with Gasteiger partial charge < -0.3 is 9.84 Å². The second-order valence-corrected chi connectivity index (χ2v) is 7.91. The Hall–Kier alpha value is -3.68. The highest BCUT2D eigenvalue weighted by molar-refractivity contribution is 6.01. The first-order chi connectivity index (χ1) is 14.1. The minimum atomic E-state index is -0.992. The topological polar surface area (TPSA) is 112 Å². The molecule has 0 amide bonds. The summed E-state index contributed by atoms with van der Waals surface area (Å²) < 4.78 is 6.74. The highest BCUT2D eigenvalue weighted by Crippen LogP contribution is 2.35.